The molecule has 0 amide bonds. The van der Waals surface area contributed by atoms with Gasteiger partial charge in [-0.05, 0) is 18.7 Å². The van der Waals surface area contributed by atoms with Crippen molar-refractivity contribution in [3.05, 3.63) is 48.4 Å². The summed E-state index contributed by atoms with van der Waals surface area (Å²) >= 11 is 0. The molecule has 1 aromatic heterocycles. The van der Waals surface area contributed by atoms with Gasteiger partial charge in [-0.15, -0.1) is 0 Å². The normalized spacial score (nSPS) is 10.2. The van der Waals surface area contributed by atoms with Crippen LogP contribution < -0.4 is 5.32 Å². The Bertz CT molecular complexity index is 426. The highest BCUT2D eigenvalue weighted by molar-refractivity contribution is 5.58. The van der Waals surface area contributed by atoms with Gasteiger partial charge in [-0.25, -0.2) is 0 Å². The first-order chi connectivity index (χ1) is 7.40. The fourth-order valence-corrected chi connectivity index (χ4v) is 1.49. The van der Waals surface area contributed by atoms with E-state index in [1.165, 1.54) is 5.56 Å². The molecule has 0 aliphatic rings. The number of aromatic nitrogens is 2. The molecule has 0 aliphatic carbocycles. The molecule has 1 heterocycles. The van der Waals surface area contributed by atoms with Crippen LogP contribution in [0.3, 0.4) is 0 Å². The van der Waals surface area contributed by atoms with Crippen molar-refractivity contribution in [2.45, 2.75) is 6.54 Å². The summed E-state index contributed by atoms with van der Waals surface area (Å²) in [6, 6.07) is 8.30. The molecule has 0 atom stereocenters. The smallest absolute Gasteiger partial charge is 0.0885 e. The minimum Gasteiger partial charge on any atom is -0.316 e. The zero-order chi connectivity index (χ0) is 10.5. The average molecular weight is 199 g/mol. The predicted molar refractivity (Wildman–Crippen MR) is 60.2 cm³/mol. The second-order valence-electron chi connectivity index (χ2n) is 3.32. The van der Waals surface area contributed by atoms with Gasteiger partial charge in [0.05, 0.1) is 11.9 Å². The number of benzene rings is 1. The molecule has 0 saturated carbocycles. The molecule has 0 unspecified atom stereocenters. The van der Waals surface area contributed by atoms with Crippen molar-refractivity contribution < 1.29 is 0 Å². The standard InChI is InChI=1S/C12H13N3/c1-13-8-10-3-2-4-11(7-10)12-9-14-5-6-15-12/h2-7,9,13H,8H2,1H3. The summed E-state index contributed by atoms with van der Waals surface area (Å²) < 4.78 is 0. The Hall–Kier alpha value is -1.74. The van der Waals surface area contributed by atoms with Crippen LogP contribution in [-0.2, 0) is 6.54 Å². The van der Waals surface area contributed by atoms with Crippen LogP contribution in [0.2, 0.25) is 0 Å². The molecule has 1 aromatic carbocycles. The van der Waals surface area contributed by atoms with Gasteiger partial charge in [0.2, 0.25) is 0 Å². The van der Waals surface area contributed by atoms with E-state index in [9.17, 15) is 0 Å². The monoisotopic (exact) mass is 199 g/mol. The van der Waals surface area contributed by atoms with Crippen molar-refractivity contribution in [2.75, 3.05) is 7.05 Å². The van der Waals surface area contributed by atoms with E-state index in [0.29, 0.717) is 0 Å². The first-order valence-corrected chi connectivity index (χ1v) is 4.90. The van der Waals surface area contributed by atoms with Crippen LogP contribution in [0.25, 0.3) is 11.3 Å². The van der Waals surface area contributed by atoms with E-state index in [-0.39, 0.29) is 0 Å². The Morgan fingerprint density at radius 2 is 2.20 bits per heavy atom. The lowest BCUT2D eigenvalue weighted by molar-refractivity contribution is 0.818. The summed E-state index contributed by atoms with van der Waals surface area (Å²) in [5.41, 5.74) is 3.27. The molecule has 0 aliphatic heterocycles. The Labute approximate surface area is 89.2 Å². The summed E-state index contributed by atoms with van der Waals surface area (Å²) in [5, 5.41) is 3.13. The van der Waals surface area contributed by atoms with E-state index in [1.54, 1.807) is 18.6 Å². The van der Waals surface area contributed by atoms with E-state index < -0.39 is 0 Å². The molecule has 0 fully saturated rings. The highest BCUT2D eigenvalue weighted by Gasteiger charge is 1.99. The summed E-state index contributed by atoms with van der Waals surface area (Å²) in [7, 11) is 1.94. The molecule has 76 valence electrons. The molecule has 0 spiro atoms. The third-order valence-corrected chi connectivity index (χ3v) is 2.17. The van der Waals surface area contributed by atoms with Crippen molar-refractivity contribution in [3.8, 4) is 11.3 Å². The van der Waals surface area contributed by atoms with Crippen LogP contribution in [0.4, 0.5) is 0 Å². The number of hydrogen-bond donors (Lipinski definition) is 1. The lowest BCUT2D eigenvalue weighted by atomic mass is 10.1. The van der Waals surface area contributed by atoms with Crippen molar-refractivity contribution in [2.24, 2.45) is 0 Å². The Balaban J connectivity index is 2.33. The predicted octanol–water partition coefficient (Wildman–Crippen LogP) is 1.86. The lowest BCUT2D eigenvalue weighted by Gasteiger charge is -2.03. The molecule has 15 heavy (non-hydrogen) atoms. The Morgan fingerprint density at radius 3 is 2.93 bits per heavy atom. The molecule has 0 bridgehead atoms. The number of hydrogen-bond acceptors (Lipinski definition) is 3. The molecule has 1 N–H and O–H groups in total. The highest BCUT2D eigenvalue weighted by Crippen LogP contribution is 2.16. The van der Waals surface area contributed by atoms with Crippen LogP contribution in [0.5, 0.6) is 0 Å². The molecule has 2 rings (SSSR count). The third kappa shape index (κ3) is 2.39. The van der Waals surface area contributed by atoms with E-state index in [2.05, 4.69) is 27.4 Å². The lowest BCUT2D eigenvalue weighted by Crippen LogP contribution is -2.04. The van der Waals surface area contributed by atoms with Crippen molar-refractivity contribution in [3.63, 3.8) is 0 Å². The van der Waals surface area contributed by atoms with Gasteiger partial charge in [-0.1, -0.05) is 18.2 Å². The minimum absolute atomic E-state index is 0.869. The van der Waals surface area contributed by atoms with E-state index in [4.69, 9.17) is 0 Å². The number of rotatable bonds is 3. The van der Waals surface area contributed by atoms with Gasteiger partial charge < -0.3 is 5.32 Å². The fraction of sp³-hybridized carbons (Fsp3) is 0.167. The third-order valence-electron chi connectivity index (χ3n) is 2.17. The zero-order valence-corrected chi connectivity index (χ0v) is 8.64. The molecular weight excluding hydrogens is 186 g/mol. The topological polar surface area (TPSA) is 37.8 Å². The highest BCUT2D eigenvalue weighted by atomic mass is 14.8. The quantitative estimate of drug-likeness (QED) is 0.820. The second-order valence-corrected chi connectivity index (χ2v) is 3.32. The fourth-order valence-electron chi connectivity index (χ4n) is 1.49. The molecular formula is C12H13N3. The van der Waals surface area contributed by atoms with Gasteiger partial charge in [0.15, 0.2) is 0 Å². The van der Waals surface area contributed by atoms with Gasteiger partial charge in [0.25, 0.3) is 0 Å². The van der Waals surface area contributed by atoms with Gasteiger partial charge in [0.1, 0.15) is 0 Å². The van der Waals surface area contributed by atoms with Crippen LogP contribution in [0.15, 0.2) is 42.9 Å². The van der Waals surface area contributed by atoms with Gasteiger partial charge in [-0.2, -0.15) is 0 Å². The zero-order valence-electron chi connectivity index (χ0n) is 8.64. The molecule has 3 heteroatoms. The van der Waals surface area contributed by atoms with Crippen molar-refractivity contribution in [1.82, 2.24) is 15.3 Å². The van der Waals surface area contributed by atoms with Gasteiger partial charge in [-0.3, -0.25) is 9.97 Å². The van der Waals surface area contributed by atoms with Crippen LogP contribution >= 0.6 is 0 Å². The number of nitrogens with zero attached hydrogens (tertiary/aromatic N) is 2. The van der Waals surface area contributed by atoms with Gasteiger partial charge >= 0.3 is 0 Å². The molecule has 2 aromatic rings. The summed E-state index contributed by atoms with van der Waals surface area (Å²) in [5.74, 6) is 0. The minimum atomic E-state index is 0.869. The van der Waals surface area contributed by atoms with Gasteiger partial charge in [0, 0.05) is 24.5 Å². The van der Waals surface area contributed by atoms with Crippen molar-refractivity contribution >= 4 is 0 Å². The van der Waals surface area contributed by atoms with Crippen LogP contribution in [-0.4, -0.2) is 17.0 Å². The summed E-state index contributed by atoms with van der Waals surface area (Å²) in [6.07, 6.45) is 5.17. The maximum atomic E-state index is 4.27. The van der Waals surface area contributed by atoms with Crippen LogP contribution in [0.1, 0.15) is 5.56 Å². The maximum Gasteiger partial charge on any atom is 0.0885 e. The summed E-state index contributed by atoms with van der Waals surface area (Å²) in [6.45, 7) is 0.869. The van der Waals surface area contributed by atoms with E-state index in [1.807, 2.05) is 19.2 Å². The van der Waals surface area contributed by atoms with E-state index >= 15 is 0 Å². The Morgan fingerprint density at radius 1 is 1.27 bits per heavy atom. The molecule has 0 saturated heterocycles. The molecule has 3 nitrogen and oxygen atoms in total. The second kappa shape index (κ2) is 4.66. The maximum absolute atomic E-state index is 4.27. The average Bonchev–Trinajstić information content (AvgIpc) is 2.31. The first-order valence-electron chi connectivity index (χ1n) is 4.90. The SMILES string of the molecule is CNCc1cccc(-c2cnccn2)c1. The Kier molecular flexibility index (Phi) is 3.05. The van der Waals surface area contributed by atoms with E-state index in [0.717, 1.165) is 17.8 Å². The van der Waals surface area contributed by atoms with Crippen LogP contribution in [0, 0.1) is 0 Å². The first kappa shape index (κ1) is 9.80. The van der Waals surface area contributed by atoms with Crippen molar-refractivity contribution in [1.29, 1.82) is 0 Å². The molecule has 0 radical (unpaired) electrons. The largest absolute Gasteiger partial charge is 0.316 e. The summed E-state index contributed by atoms with van der Waals surface area (Å²) in [4.78, 5) is 8.33. The number of nitrogens with one attached hydrogen (secondary N) is 1.